The van der Waals surface area contributed by atoms with E-state index in [0.29, 0.717) is 22.0 Å². The SMILES string of the molecule is Cc1cc(Cl)ccc1N(CC(=O)NCCOc1ccc(C(C)(C)C)cc1)S(=O)(=O)c1ccccc1. The number of benzene rings is 3. The van der Waals surface area contributed by atoms with Crippen LogP contribution < -0.4 is 14.4 Å². The summed E-state index contributed by atoms with van der Waals surface area (Å²) in [6, 6.07) is 20.8. The van der Waals surface area contributed by atoms with Gasteiger partial charge in [-0.1, -0.05) is 62.7 Å². The van der Waals surface area contributed by atoms with Gasteiger partial charge in [0.15, 0.2) is 0 Å². The summed E-state index contributed by atoms with van der Waals surface area (Å²) < 4.78 is 33.6. The number of hydrogen-bond acceptors (Lipinski definition) is 4. The highest BCUT2D eigenvalue weighted by molar-refractivity contribution is 7.92. The minimum absolute atomic E-state index is 0.0565. The van der Waals surface area contributed by atoms with Crippen LogP contribution in [0.2, 0.25) is 5.02 Å². The smallest absolute Gasteiger partial charge is 0.264 e. The van der Waals surface area contributed by atoms with E-state index >= 15 is 0 Å². The van der Waals surface area contributed by atoms with Crippen molar-refractivity contribution in [2.45, 2.75) is 38.0 Å². The number of rotatable bonds is 9. The number of anilines is 1. The van der Waals surface area contributed by atoms with Crippen LogP contribution in [-0.2, 0) is 20.2 Å². The number of nitrogens with zero attached hydrogens (tertiary/aromatic N) is 1. The number of carbonyl (C=O) groups is 1. The minimum Gasteiger partial charge on any atom is -0.492 e. The monoisotopic (exact) mass is 514 g/mol. The molecule has 0 saturated carbocycles. The van der Waals surface area contributed by atoms with Gasteiger partial charge in [0.2, 0.25) is 5.91 Å². The van der Waals surface area contributed by atoms with E-state index < -0.39 is 15.9 Å². The van der Waals surface area contributed by atoms with Crippen molar-refractivity contribution in [3.63, 3.8) is 0 Å². The van der Waals surface area contributed by atoms with E-state index in [0.717, 1.165) is 4.31 Å². The highest BCUT2D eigenvalue weighted by atomic mass is 35.5. The van der Waals surface area contributed by atoms with Crippen molar-refractivity contribution in [2.75, 3.05) is 24.0 Å². The topological polar surface area (TPSA) is 75.7 Å². The van der Waals surface area contributed by atoms with Crippen LogP contribution in [0.5, 0.6) is 5.75 Å². The lowest BCUT2D eigenvalue weighted by Crippen LogP contribution is -2.42. The van der Waals surface area contributed by atoms with Gasteiger partial charge in [0.25, 0.3) is 10.0 Å². The number of hydrogen-bond donors (Lipinski definition) is 1. The third-order valence-electron chi connectivity index (χ3n) is 5.46. The Morgan fingerprint density at radius 3 is 2.26 bits per heavy atom. The molecule has 0 aliphatic carbocycles. The van der Waals surface area contributed by atoms with Crippen molar-refractivity contribution >= 4 is 33.2 Å². The Hall–Kier alpha value is -3.03. The van der Waals surface area contributed by atoms with Gasteiger partial charge in [-0.2, -0.15) is 0 Å². The molecule has 186 valence electrons. The van der Waals surface area contributed by atoms with E-state index in [1.54, 1.807) is 43.3 Å². The third kappa shape index (κ3) is 6.99. The van der Waals surface area contributed by atoms with Gasteiger partial charge < -0.3 is 10.1 Å². The largest absolute Gasteiger partial charge is 0.492 e. The van der Waals surface area contributed by atoms with Gasteiger partial charge in [-0.3, -0.25) is 9.10 Å². The van der Waals surface area contributed by atoms with Crippen LogP contribution >= 0.6 is 11.6 Å². The first-order chi connectivity index (χ1) is 16.5. The van der Waals surface area contributed by atoms with Crippen molar-refractivity contribution in [3.05, 3.63) is 88.9 Å². The molecule has 0 aliphatic heterocycles. The van der Waals surface area contributed by atoms with E-state index in [2.05, 4.69) is 26.1 Å². The fourth-order valence-electron chi connectivity index (χ4n) is 3.51. The Balaban J connectivity index is 1.67. The Kier molecular flexibility index (Phi) is 8.46. The van der Waals surface area contributed by atoms with Gasteiger partial charge in [0, 0.05) is 5.02 Å². The van der Waals surface area contributed by atoms with Crippen LogP contribution in [0.25, 0.3) is 0 Å². The fraction of sp³-hybridized carbons (Fsp3) is 0.296. The standard InChI is InChI=1S/C27H31ClN2O4S/c1-20-18-22(28)12-15-25(20)30(35(32,33)24-8-6-5-7-9-24)19-26(31)29-16-17-34-23-13-10-21(11-14-23)27(2,3)4/h5-15,18H,16-17,19H2,1-4H3,(H,29,31). The Bertz CT molecular complexity index is 1250. The molecule has 0 aliphatic rings. The second kappa shape index (κ2) is 11.1. The van der Waals surface area contributed by atoms with Crippen LogP contribution in [0.1, 0.15) is 31.9 Å². The predicted molar refractivity (Wildman–Crippen MR) is 141 cm³/mol. The second-order valence-electron chi connectivity index (χ2n) is 9.23. The highest BCUT2D eigenvalue weighted by Crippen LogP contribution is 2.29. The van der Waals surface area contributed by atoms with Crippen LogP contribution in [0.3, 0.4) is 0 Å². The van der Waals surface area contributed by atoms with Gasteiger partial charge >= 0.3 is 0 Å². The average molecular weight is 515 g/mol. The summed E-state index contributed by atoms with van der Waals surface area (Å²) in [4.78, 5) is 12.9. The van der Waals surface area contributed by atoms with E-state index in [4.69, 9.17) is 16.3 Å². The number of nitrogens with one attached hydrogen (secondary N) is 1. The normalized spacial score (nSPS) is 11.7. The maximum absolute atomic E-state index is 13.4. The molecule has 0 aromatic heterocycles. The molecule has 3 rings (SSSR count). The lowest BCUT2D eigenvalue weighted by molar-refractivity contribution is -0.119. The van der Waals surface area contributed by atoms with E-state index in [9.17, 15) is 13.2 Å². The van der Waals surface area contributed by atoms with E-state index in [1.807, 2.05) is 24.3 Å². The molecule has 35 heavy (non-hydrogen) atoms. The number of aryl methyl sites for hydroxylation is 1. The number of halogens is 1. The van der Waals surface area contributed by atoms with Crippen molar-refractivity contribution in [3.8, 4) is 5.75 Å². The van der Waals surface area contributed by atoms with Crippen LogP contribution in [0, 0.1) is 6.92 Å². The number of amides is 1. The molecule has 0 unspecified atom stereocenters. The number of sulfonamides is 1. The maximum atomic E-state index is 13.4. The molecule has 3 aromatic rings. The first kappa shape index (κ1) is 26.6. The van der Waals surface area contributed by atoms with Crippen LogP contribution in [0.15, 0.2) is 77.7 Å². The lowest BCUT2D eigenvalue weighted by Gasteiger charge is -2.25. The second-order valence-corrected chi connectivity index (χ2v) is 11.5. The number of carbonyl (C=O) groups excluding carboxylic acids is 1. The summed E-state index contributed by atoms with van der Waals surface area (Å²) in [7, 11) is -3.98. The molecule has 0 bridgehead atoms. The van der Waals surface area contributed by atoms with Gasteiger partial charge in [0.1, 0.15) is 18.9 Å². The predicted octanol–water partition coefficient (Wildman–Crippen LogP) is 5.34. The molecule has 8 heteroatoms. The summed E-state index contributed by atoms with van der Waals surface area (Å²) >= 11 is 6.06. The van der Waals surface area contributed by atoms with Gasteiger partial charge in [-0.15, -0.1) is 0 Å². The molecule has 0 atom stereocenters. The minimum atomic E-state index is -3.98. The molecule has 0 spiro atoms. The molecule has 3 aromatic carbocycles. The summed E-state index contributed by atoms with van der Waals surface area (Å²) in [6.45, 7) is 8.30. The molecule has 0 saturated heterocycles. The highest BCUT2D eigenvalue weighted by Gasteiger charge is 2.28. The van der Waals surface area contributed by atoms with Crippen LogP contribution in [0.4, 0.5) is 5.69 Å². The number of ether oxygens (including phenoxy) is 1. The summed E-state index contributed by atoms with van der Waals surface area (Å²) in [5.74, 6) is 0.267. The molecule has 0 heterocycles. The Labute approximate surface area is 212 Å². The summed E-state index contributed by atoms with van der Waals surface area (Å²) in [5, 5.41) is 3.23. The van der Waals surface area contributed by atoms with E-state index in [1.165, 1.54) is 17.7 Å². The maximum Gasteiger partial charge on any atom is 0.264 e. The van der Waals surface area contributed by atoms with E-state index in [-0.39, 0.29) is 30.0 Å². The molecule has 6 nitrogen and oxygen atoms in total. The lowest BCUT2D eigenvalue weighted by atomic mass is 9.87. The van der Waals surface area contributed by atoms with Crippen LogP contribution in [-0.4, -0.2) is 34.0 Å². The van der Waals surface area contributed by atoms with Gasteiger partial charge in [-0.05, 0) is 65.9 Å². The molecule has 1 amide bonds. The summed E-state index contributed by atoms with van der Waals surface area (Å²) in [5.41, 5.74) is 2.30. The molecule has 0 radical (unpaired) electrons. The zero-order valence-electron chi connectivity index (χ0n) is 20.4. The molecule has 1 N–H and O–H groups in total. The fourth-order valence-corrected chi connectivity index (χ4v) is 5.25. The zero-order valence-corrected chi connectivity index (χ0v) is 22.0. The first-order valence-corrected chi connectivity index (χ1v) is 13.1. The quantitative estimate of drug-likeness (QED) is 0.391. The van der Waals surface area contributed by atoms with Crippen molar-refractivity contribution in [1.29, 1.82) is 0 Å². The third-order valence-corrected chi connectivity index (χ3v) is 7.47. The Morgan fingerprint density at radius 1 is 1.00 bits per heavy atom. The zero-order chi connectivity index (χ0) is 25.6. The summed E-state index contributed by atoms with van der Waals surface area (Å²) in [6.07, 6.45) is 0. The molecular weight excluding hydrogens is 484 g/mol. The molecule has 0 fully saturated rings. The van der Waals surface area contributed by atoms with Gasteiger partial charge in [0.05, 0.1) is 17.1 Å². The molecular formula is C27H31ClN2O4S. The average Bonchev–Trinajstić information content (AvgIpc) is 2.81. The van der Waals surface area contributed by atoms with Gasteiger partial charge in [-0.25, -0.2) is 8.42 Å². The van der Waals surface area contributed by atoms with Crippen molar-refractivity contribution in [2.24, 2.45) is 0 Å². The first-order valence-electron chi connectivity index (χ1n) is 11.3. The Morgan fingerprint density at radius 2 is 1.66 bits per heavy atom. The van der Waals surface area contributed by atoms with Crippen molar-refractivity contribution in [1.82, 2.24) is 5.32 Å². The van der Waals surface area contributed by atoms with Crippen molar-refractivity contribution < 1.29 is 17.9 Å².